The van der Waals surface area contributed by atoms with Crippen LogP contribution in [0.15, 0.2) is 24.3 Å². The molecule has 0 saturated carbocycles. The highest BCUT2D eigenvalue weighted by Crippen LogP contribution is 2.22. The normalized spacial score (nSPS) is 13.3. The van der Waals surface area contributed by atoms with E-state index in [-0.39, 0.29) is 6.10 Å². The lowest BCUT2D eigenvalue weighted by molar-refractivity contribution is 0.116. The quantitative estimate of drug-likeness (QED) is 0.838. The van der Waals surface area contributed by atoms with Crippen LogP contribution < -0.4 is 10.5 Å². The summed E-state index contributed by atoms with van der Waals surface area (Å²) in [4.78, 5) is 0. The first-order valence-corrected chi connectivity index (χ1v) is 4.81. The highest BCUT2D eigenvalue weighted by molar-refractivity contribution is 5.30. The number of benzene rings is 1. The first-order chi connectivity index (χ1) is 7.00. The van der Waals surface area contributed by atoms with Gasteiger partial charge in [0.05, 0.1) is 12.1 Å². The molecule has 1 aromatic carbocycles. The fourth-order valence-corrected chi connectivity index (χ4v) is 1.21. The highest BCUT2D eigenvalue weighted by atomic mass is 19.3. The van der Waals surface area contributed by atoms with Crippen molar-refractivity contribution in [3.8, 4) is 5.75 Å². The first-order valence-electron chi connectivity index (χ1n) is 4.81. The van der Waals surface area contributed by atoms with Crippen molar-refractivity contribution in [3.05, 3.63) is 29.8 Å². The molecular formula is C11H15F2NO. The van der Waals surface area contributed by atoms with Crippen molar-refractivity contribution < 1.29 is 13.5 Å². The molecule has 0 aromatic heterocycles. The van der Waals surface area contributed by atoms with E-state index in [4.69, 9.17) is 10.5 Å². The Morgan fingerprint density at radius 2 is 1.93 bits per heavy atom. The molecule has 0 aliphatic carbocycles. The zero-order chi connectivity index (χ0) is 11.4. The molecule has 0 radical (unpaired) electrons. The fraction of sp³-hybridized carbons (Fsp3) is 0.455. The number of nitrogens with two attached hydrogens (primary N) is 1. The van der Waals surface area contributed by atoms with Gasteiger partial charge in [-0.2, -0.15) is 0 Å². The molecule has 2 N–H and O–H groups in total. The molecule has 0 bridgehead atoms. The van der Waals surface area contributed by atoms with E-state index in [0.717, 1.165) is 0 Å². The Morgan fingerprint density at radius 3 is 2.47 bits per heavy atom. The van der Waals surface area contributed by atoms with Gasteiger partial charge in [-0.15, -0.1) is 0 Å². The molecule has 0 spiro atoms. The van der Waals surface area contributed by atoms with Crippen molar-refractivity contribution in [1.29, 1.82) is 0 Å². The predicted octanol–water partition coefficient (Wildman–Crippen LogP) is 2.74. The van der Waals surface area contributed by atoms with Crippen LogP contribution in [-0.2, 0) is 0 Å². The van der Waals surface area contributed by atoms with Gasteiger partial charge in [0.15, 0.2) is 0 Å². The summed E-state index contributed by atoms with van der Waals surface area (Å²) >= 11 is 0. The van der Waals surface area contributed by atoms with Crippen LogP contribution in [-0.4, -0.2) is 12.5 Å². The summed E-state index contributed by atoms with van der Waals surface area (Å²) in [6.45, 7) is 3.75. The smallest absolute Gasteiger partial charge is 0.257 e. The summed E-state index contributed by atoms with van der Waals surface area (Å²) in [6.07, 6.45) is -2.54. The summed E-state index contributed by atoms with van der Waals surface area (Å²) in [5.41, 5.74) is 5.72. The number of alkyl halides is 2. The third kappa shape index (κ3) is 3.47. The molecular weight excluding hydrogens is 200 g/mol. The van der Waals surface area contributed by atoms with Crippen molar-refractivity contribution in [1.82, 2.24) is 0 Å². The lowest BCUT2D eigenvalue weighted by Crippen LogP contribution is -2.19. The SMILES string of the molecule is CC(C)Oc1cccc(C(N)C(F)F)c1. The molecule has 1 atom stereocenters. The van der Waals surface area contributed by atoms with E-state index >= 15 is 0 Å². The highest BCUT2D eigenvalue weighted by Gasteiger charge is 2.17. The van der Waals surface area contributed by atoms with Gasteiger partial charge in [0.1, 0.15) is 5.75 Å². The van der Waals surface area contributed by atoms with Crippen LogP contribution in [0.2, 0.25) is 0 Å². The second-order valence-corrected chi connectivity index (χ2v) is 3.60. The van der Waals surface area contributed by atoms with E-state index in [0.29, 0.717) is 11.3 Å². The van der Waals surface area contributed by atoms with Crippen LogP contribution in [0.25, 0.3) is 0 Å². The maximum Gasteiger partial charge on any atom is 0.257 e. The van der Waals surface area contributed by atoms with Gasteiger partial charge in [0.2, 0.25) is 0 Å². The average Bonchev–Trinajstić information content (AvgIpc) is 2.16. The van der Waals surface area contributed by atoms with E-state index in [1.54, 1.807) is 24.3 Å². The Morgan fingerprint density at radius 1 is 1.27 bits per heavy atom. The third-order valence-corrected chi connectivity index (χ3v) is 1.89. The van der Waals surface area contributed by atoms with Crippen molar-refractivity contribution in [2.24, 2.45) is 5.73 Å². The minimum atomic E-state index is -2.56. The fourth-order valence-electron chi connectivity index (χ4n) is 1.21. The summed E-state index contributed by atoms with van der Waals surface area (Å²) in [7, 11) is 0. The van der Waals surface area contributed by atoms with Crippen LogP contribution in [0.4, 0.5) is 8.78 Å². The molecule has 0 fully saturated rings. The minimum absolute atomic E-state index is 0.0167. The van der Waals surface area contributed by atoms with Gasteiger partial charge in [-0.3, -0.25) is 0 Å². The second-order valence-electron chi connectivity index (χ2n) is 3.60. The number of hydrogen-bond donors (Lipinski definition) is 1. The standard InChI is InChI=1S/C11H15F2NO/c1-7(2)15-9-5-3-4-8(6-9)10(14)11(12)13/h3-7,10-11H,14H2,1-2H3. The first kappa shape index (κ1) is 11.9. The van der Waals surface area contributed by atoms with E-state index < -0.39 is 12.5 Å². The van der Waals surface area contributed by atoms with Crippen LogP contribution in [0.1, 0.15) is 25.5 Å². The Labute approximate surface area is 88.0 Å². The maximum atomic E-state index is 12.3. The Hall–Kier alpha value is -1.16. The molecule has 84 valence electrons. The molecule has 0 aliphatic rings. The van der Waals surface area contributed by atoms with E-state index in [1.807, 2.05) is 13.8 Å². The van der Waals surface area contributed by atoms with Crippen LogP contribution in [0.5, 0.6) is 5.75 Å². The molecule has 1 aromatic rings. The monoisotopic (exact) mass is 215 g/mol. The van der Waals surface area contributed by atoms with Gasteiger partial charge in [-0.25, -0.2) is 8.78 Å². The maximum absolute atomic E-state index is 12.3. The van der Waals surface area contributed by atoms with Crippen molar-refractivity contribution in [3.63, 3.8) is 0 Å². The van der Waals surface area contributed by atoms with E-state index in [2.05, 4.69) is 0 Å². The van der Waals surface area contributed by atoms with Crippen molar-refractivity contribution >= 4 is 0 Å². The molecule has 0 amide bonds. The van der Waals surface area contributed by atoms with Gasteiger partial charge in [0, 0.05) is 0 Å². The van der Waals surface area contributed by atoms with Gasteiger partial charge >= 0.3 is 0 Å². The number of ether oxygens (including phenoxy) is 1. The molecule has 0 aliphatic heterocycles. The largest absolute Gasteiger partial charge is 0.491 e. The van der Waals surface area contributed by atoms with Crippen LogP contribution in [0, 0.1) is 0 Å². The summed E-state index contributed by atoms with van der Waals surface area (Å²) < 4.78 is 30.1. The molecule has 1 unspecified atom stereocenters. The molecule has 1 rings (SSSR count). The van der Waals surface area contributed by atoms with E-state index in [1.165, 1.54) is 0 Å². The zero-order valence-electron chi connectivity index (χ0n) is 8.78. The average molecular weight is 215 g/mol. The van der Waals surface area contributed by atoms with Crippen molar-refractivity contribution in [2.45, 2.75) is 32.4 Å². The second kappa shape index (κ2) is 5.07. The van der Waals surface area contributed by atoms with Gasteiger partial charge in [0.25, 0.3) is 6.43 Å². The topological polar surface area (TPSA) is 35.2 Å². The van der Waals surface area contributed by atoms with Gasteiger partial charge in [-0.05, 0) is 31.5 Å². The minimum Gasteiger partial charge on any atom is -0.491 e. The summed E-state index contributed by atoms with van der Waals surface area (Å²) in [5.74, 6) is 0.568. The van der Waals surface area contributed by atoms with Gasteiger partial charge in [-0.1, -0.05) is 12.1 Å². The predicted molar refractivity (Wildman–Crippen MR) is 55.1 cm³/mol. The Kier molecular flexibility index (Phi) is 4.03. The number of halogens is 2. The van der Waals surface area contributed by atoms with Crippen molar-refractivity contribution in [2.75, 3.05) is 0 Å². The third-order valence-electron chi connectivity index (χ3n) is 1.89. The summed E-state index contributed by atoms with van der Waals surface area (Å²) in [6, 6.07) is 5.26. The molecule has 0 heterocycles. The Balaban J connectivity index is 2.82. The lowest BCUT2D eigenvalue weighted by Gasteiger charge is -2.14. The lowest BCUT2D eigenvalue weighted by atomic mass is 10.1. The number of hydrogen-bond acceptors (Lipinski definition) is 2. The summed E-state index contributed by atoms with van der Waals surface area (Å²) in [5, 5.41) is 0. The van der Waals surface area contributed by atoms with Gasteiger partial charge < -0.3 is 10.5 Å². The molecule has 4 heteroatoms. The number of rotatable bonds is 4. The molecule has 2 nitrogen and oxygen atoms in total. The zero-order valence-corrected chi connectivity index (χ0v) is 8.78. The van der Waals surface area contributed by atoms with Crippen LogP contribution >= 0.6 is 0 Å². The molecule has 15 heavy (non-hydrogen) atoms. The van der Waals surface area contributed by atoms with Crippen LogP contribution in [0.3, 0.4) is 0 Å². The molecule has 0 saturated heterocycles. The Bertz CT molecular complexity index is 315. The van der Waals surface area contributed by atoms with E-state index in [9.17, 15) is 8.78 Å².